The fraction of sp³-hybridized carbons (Fsp3) is 0.929. The lowest BCUT2D eigenvalue weighted by Gasteiger charge is -2.32. The van der Waals surface area contributed by atoms with E-state index in [-0.39, 0.29) is 0 Å². The molecule has 2 aliphatic rings. The van der Waals surface area contributed by atoms with E-state index in [1.807, 2.05) is 11.8 Å². The van der Waals surface area contributed by atoms with E-state index < -0.39 is 0 Å². The highest BCUT2D eigenvalue weighted by Gasteiger charge is 2.34. The molecule has 0 atom stereocenters. The third-order valence-electron chi connectivity index (χ3n) is 3.92. The Morgan fingerprint density at radius 3 is 2.65 bits per heavy atom. The average Bonchev–Trinajstić information content (AvgIpc) is 2.76. The molecular formula is C14H26N2S. The van der Waals surface area contributed by atoms with Gasteiger partial charge in [-0.1, -0.05) is 38.5 Å². The molecule has 1 saturated carbocycles. The summed E-state index contributed by atoms with van der Waals surface area (Å²) in [5.41, 5.74) is 0.564. The maximum absolute atomic E-state index is 4.57. The summed E-state index contributed by atoms with van der Waals surface area (Å²) in [7, 11) is 0. The maximum Gasteiger partial charge on any atom is 0.156 e. The van der Waals surface area contributed by atoms with Crippen LogP contribution in [0.2, 0.25) is 0 Å². The summed E-state index contributed by atoms with van der Waals surface area (Å²) in [6.45, 7) is 6.88. The van der Waals surface area contributed by atoms with Crippen molar-refractivity contribution in [2.24, 2.45) is 16.3 Å². The first-order valence-electron chi connectivity index (χ1n) is 7.11. The SMILES string of the molecule is CC(C)CC1(CNC2=NCCCS2)CCCC1. The van der Waals surface area contributed by atoms with Crippen LogP contribution in [0.25, 0.3) is 0 Å². The van der Waals surface area contributed by atoms with Crippen molar-refractivity contribution in [3.8, 4) is 0 Å². The molecule has 0 amide bonds. The normalized spacial score (nSPS) is 23.8. The van der Waals surface area contributed by atoms with Crippen LogP contribution in [0.4, 0.5) is 0 Å². The van der Waals surface area contributed by atoms with Gasteiger partial charge in [-0.2, -0.15) is 0 Å². The molecule has 1 aliphatic carbocycles. The second kappa shape index (κ2) is 6.12. The molecule has 1 N–H and O–H groups in total. The zero-order valence-corrected chi connectivity index (χ0v) is 12.1. The van der Waals surface area contributed by atoms with Gasteiger partial charge in [0, 0.05) is 18.8 Å². The standard InChI is InChI=1S/C14H26N2S/c1-12(2)10-14(6-3-4-7-14)11-16-13-15-8-5-9-17-13/h12H,3-11H2,1-2H3,(H,15,16). The molecule has 2 rings (SSSR count). The van der Waals surface area contributed by atoms with Crippen molar-refractivity contribution in [3.05, 3.63) is 0 Å². The van der Waals surface area contributed by atoms with E-state index in [9.17, 15) is 0 Å². The van der Waals surface area contributed by atoms with Crippen molar-refractivity contribution in [3.63, 3.8) is 0 Å². The summed E-state index contributed by atoms with van der Waals surface area (Å²) >= 11 is 1.90. The molecule has 3 heteroatoms. The molecule has 0 bridgehead atoms. The molecule has 0 radical (unpaired) electrons. The van der Waals surface area contributed by atoms with Gasteiger partial charge in [-0.3, -0.25) is 4.99 Å². The van der Waals surface area contributed by atoms with Gasteiger partial charge in [-0.05, 0) is 37.0 Å². The van der Waals surface area contributed by atoms with E-state index in [0.717, 1.165) is 19.0 Å². The lowest BCUT2D eigenvalue weighted by atomic mass is 9.78. The van der Waals surface area contributed by atoms with Crippen LogP contribution in [0.5, 0.6) is 0 Å². The van der Waals surface area contributed by atoms with Gasteiger partial charge in [-0.25, -0.2) is 0 Å². The monoisotopic (exact) mass is 254 g/mol. The summed E-state index contributed by atoms with van der Waals surface area (Å²) in [6.07, 6.45) is 8.29. The van der Waals surface area contributed by atoms with Gasteiger partial charge >= 0.3 is 0 Å². The zero-order chi connectivity index (χ0) is 12.1. The van der Waals surface area contributed by atoms with Gasteiger partial charge in [0.2, 0.25) is 0 Å². The first-order valence-corrected chi connectivity index (χ1v) is 8.10. The fourth-order valence-corrected chi connectivity index (χ4v) is 4.10. The number of hydrogen-bond donors (Lipinski definition) is 1. The van der Waals surface area contributed by atoms with Gasteiger partial charge in [0.25, 0.3) is 0 Å². The average molecular weight is 254 g/mol. The molecule has 17 heavy (non-hydrogen) atoms. The lowest BCUT2D eigenvalue weighted by Crippen LogP contribution is -2.36. The summed E-state index contributed by atoms with van der Waals surface area (Å²) in [5.74, 6) is 2.05. The number of rotatable bonds is 4. The topological polar surface area (TPSA) is 24.4 Å². The number of aliphatic imine (C=N–C) groups is 1. The minimum Gasteiger partial charge on any atom is -0.364 e. The fourth-order valence-electron chi connectivity index (χ4n) is 3.27. The van der Waals surface area contributed by atoms with Crippen LogP contribution in [0.3, 0.4) is 0 Å². The molecule has 0 aromatic heterocycles. The minimum absolute atomic E-state index is 0.564. The largest absolute Gasteiger partial charge is 0.364 e. The number of hydrogen-bond acceptors (Lipinski definition) is 3. The highest BCUT2D eigenvalue weighted by Crippen LogP contribution is 2.42. The van der Waals surface area contributed by atoms with Crippen LogP contribution in [0.15, 0.2) is 4.99 Å². The van der Waals surface area contributed by atoms with Crippen molar-refractivity contribution >= 4 is 16.9 Å². The molecule has 1 heterocycles. The lowest BCUT2D eigenvalue weighted by molar-refractivity contribution is 0.236. The van der Waals surface area contributed by atoms with Crippen molar-refractivity contribution in [1.82, 2.24) is 5.32 Å². The summed E-state index contributed by atoms with van der Waals surface area (Å²) in [5, 5.41) is 4.82. The van der Waals surface area contributed by atoms with Crippen LogP contribution in [-0.4, -0.2) is 24.0 Å². The summed E-state index contributed by atoms with van der Waals surface area (Å²) in [4.78, 5) is 4.57. The van der Waals surface area contributed by atoms with Crippen LogP contribution in [0.1, 0.15) is 52.4 Å². The van der Waals surface area contributed by atoms with Crippen LogP contribution >= 0.6 is 11.8 Å². The van der Waals surface area contributed by atoms with E-state index >= 15 is 0 Å². The first-order chi connectivity index (χ1) is 8.20. The summed E-state index contributed by atoms with van der Waals surface area (Å²) < 4.78 is 0. The Hall–Kier alpha value is -0.180. The molecule has 98 valence electrons. The predicted octanol–water partition coefficient (Wildman–Crippen LogP) is 3.68. The number of amidine groups is 1. The van der Waals surface area contributed by atoms with E-state index in [4.69, 9.17) is 0 Å². The molecule has 0 saturated heterocycles. The van der Waals surface area contributed by atoms with Gasteiger partial charge in [-0.15, -0.1) is 0 Å². The third kappa shape index (κ3) is 3.90. The Morgan fingerprint density at radius 1 is 1.29 bits per heavy atom. The third-order valence-corrected chi connectivity index (χ3v) is 4.96. The van der Waals surface area contributed by atoms with Gasteiger partial charge in [0.1, 0.15) is 0 Å². The zero-order valence-electron chi connectivity index (χ0n) is 11.3. The Morgan fingerprint density at radius 2 is 2.06 bits per heavy atom. The van der Waals surface area contributed by atoms with Crippen molar-refractivity contribution in [2.45, 2.75) is 52.4 Å². The van der Waals surface area contributed by atoms with Gasteiger partial charge in [0.15, 0.2) is 5.17 Å². The van der Waals surface area contributed by atoms with Gasteiger partial charge < -0.3 is 5.32 Å². The molecule has 0 spiro atoms. The maximum atomic E-state index is 4.57. The van der Waals surface area contributed by atoms with Crippen molar-refractivity contribution in [1.29, 1.82) is 0 Å². The van der Waals surface area contributed by atoms with Crippen LogP contribution < -0.4 is 5.32 Å². The van der Waals surface area contributed by atoms with Gasteiger partial charge in [0.05, 0.1) is 0 Å². The predicted molar refractivity (Wildman–Crippen MR) is 77.7 cm³/mol. The highest BCUT2D eigenvalue weighted by molar-refractivity contribution is 8.13. The first kappa shape index (κ1) is 13.3. The highest BCUT2D eigenvalue weighted by atomic mass is 32.2. The Balaban J connectivity index is 1.87. The Labute approximate surface area is 110 Å². The number of nitrogens with zero attached hydrogens (tertiary/aromatic N) is 1. The molecule has 2 nitrogen and oxygen atoms in total. The summed E-state index contributed by atoms with van der Waals surface area (Å²) in [6, 6.07) is 0. The quantitative estimate of drug-likeness (QED) is 0.827. The Kier molecular flexibility index (Phi) is 4.78. The molecule has 1 fully saturated rings. The number of nitrogens with one attached hydrogen (secondary N) is 1. The number of thioether (sulfide) groups is 1. The second-order valence-electron chi connectivity index (χ2n) is 6.05. The molecule has 1 aliphatic heterocycles. The minimum atomic E-state index is 0.564. The van der Waals surface area contributed by atoms with Crippen LogP contribution in [0, 0.1) is 11.3 Å². The van der Waals surface area contributed by atoms with E-state index in [1.165, 1.54) is 49.4 Å². The van der Waals surface area contributed by atoms with E-state index in [2.05, 4.69) is 24.2 Å². The Bertz CT molecular complexity index is 267. The smallest absolute Gasteiger partial charge is 0.156 e. The van der Waals surface area contributed by atoms with Crippen molar-refractivity contribution < 1.29 is 0 Å². The second-order valence-corrected chi connectivity index (χ2v) is 7.13. The van der Waals surface area contributed by atoms with E-state index in [1.54, 1.807) is 0 Å². The van der Waals surface area contributed by atoms with Crippen LogP contribution in [-0.2, 0) is 0 Å². The van der Waals surface area contributed by atoms with E-state index in [0.29, 0.717) is 5.41 Å². The molecular weight excluding hydrogens is 228 g/mol. The van der Waals surface area contributed by atoms with Crippen molar-refractivity contribution in [2.75, 3.05) is 18.8 Å². The molecule has 0 aromatic carbocycles. The molecule has 0 aromatic rings. The molecule has 0 unspecified atom stereocenters.